The van der Waals surface area contributed by atoms with Crippen molar-refractivity contribution in [2.45, 2.75) is 51.1 Å². The van der Waals surface area contributed by atoms with Crippen molar-refractivity contribution < 1.29 is 29.0 Å². The van der Waals surface area contributed by atoms with E-state index in [1.807, 2.05) is 50.2 Å². The number of carbonyl (C=O) groups excluding carboxylic acids is 2. The number of benzene rings is 2. The number of rotatable bonds is 12. The monoisotopic (exact) mass is 482 g/mol. The number of hydrogen-bond acceptors (Lipinski definition) is 5. The van der Waals surface area contributed by atoms with Gasteiger partial charge in [0.1, 0.15) is 18.7 Å². The highest BCUT2D eigenvalue weighted by atomic mass is 16.5. The average Bonchev–Trinajstić information content (AvgIpc) is 3.16. The minimum Gasteiger partial charge on any atom is -0.480 e. The molecule has 3 rings (SSSR count). The fourth-order valence-corrected chi connectivity index (χ4v) is 4.32. The molecule has 0 radical (unpaired) electrons. The molecule has 0 aliphatic heterocycles. The van der Waals surface area contributed by atoms with Gasteiger partial charge in [0, 0.05) is 26.1 Å². The van der Waals surface area contributed by atoms with Crippen molar-refractivity contribution in [3.63, 3.8) is 0 Å². The number of carboxylic acids is 1. The van der Waals surface area contributed by atoms with Crippen molar-refractivity contribution in [1.29, 1.82) is 0 Å². The number of nitrogens with one attached hydrogen (secondary N) is 2. The highest BCUT2D eigenvalue weighted by Gasteiger charge is 2.30. The topological polar surface area (TPSA) is 114 Å². The molecule has 0 saturated carbocycles. The summed E-state index contributed by atoms with van der Waals surface area (Å²) in [6, 6.07) is 14.1. The van der Waals surface area contributed by atoms with E-state index in [9.17, 15) is 19.5 Å². The van der Waals surface area contributed by atoms with Crippen molar-refractivity contribution in [2.24, 2.45) is 5.92 Å². The van der Waals surface area contributed by atoms with Gasteiger partial charge < -0.3 is 25.2 Å². The molecule has 2 atom stereocenters. The Hall–Kier alpha value is -3.39. The smallest absolute Gasteiger partial charge is 0.407 e. The maximum absolute atomic E-state index is 12.9. The highest BCUT2D eigenvalue weighted by Crippen LogP contribution is 2.44. The summed E-state index contributed by atoms with van der Waals surface area (Å²) in [4.78, 5) is 37.1. The second kappa shape index (κ2) is 12.4. The summed E-state index contributed by atoms with van der Waals surface area (Å²) >= 11 is 0. The molecule has 0 saturated heterocycles. The molecule has 2 aromatic rings. The van der Waals surface area contributed by atoms with Gasteiger partial charge in [0.25, 0.3) is 0 Å². The summed E-state index contributed by atoms with van der Waals surface area (Å²) in [5, 5.41) is 14.6. The Kier molecular flexibility index (Phi) is 9.25. The second-order valence-electron chi connectivity index (χ2n) is 9.17. The quantitative estimate of drug-likeness (QED) is 0.422. The van der Waals surface area contributed by atoms with Gasteiger partial charge in [-0.15, -0.1) is 0 Å². The van der Waals surface area contributed by atoms with Crippen LogP contribution in [0.4, 0.5) is 4.79 Å². The number of methoxy groups -OCH3 is 1. The molecule has 2 aromatic carbocycles. The van der Waals surface area contributed by atoms with Gasteiger partial charge in [-0.2, -0.15) is 0 Å². The lowest BCUT2D eigenvalue weighted by atomic mass is 9.98. The van der Waals surface area contributed by atoms with E-state index in [0.717, 1.165) is 22.3 Å². The predicted molar refractivity (Wildman–Crippen MR) is 132 cm³/mol. The number of fused-ring (bicyclic) bond motifs is 3. The van der Waals surface area contributed by atoms with Crippen LogP contribution in [-0.4, -0.2) is 55.5 Å². The van der Waals surface area contributed by atoms with E-state index in [-0.39, 0.29) is 25.6 Å². The maximum Gasteiger partial charge on any atom is 0.407 e. The van der Waals surface area contributed by atoms with Gasteiger partial charge in [0.15, 0.2) is 0 Å². The Labute approximate surface area is 206 Å². The summed E-state index contributed by atoms with van der Waals surface area (Å²) in [6.07, 6.45) is 0.459. The van der Waals surface area contributed by atoms with Crippen LogP contribution < -0.4 is 10.6 Å². The van der Waals surface area contributed by atoms with Crippen molar-refractivity contribution in [2.75, 3.05) is 20.3 Å². The highest BCUT2D eigenvalue weighted by molar-refractivity contribution is 5.89. The number of hydrogen-bond donors (Lipinski definition) is 3. The molecule has 2 unspecified atom stereocenters. The minimum atomic E-state index is -1.15. The van der Waals surface area contributed by atoms with E-state index in [1.54, 1.807) is 0 Å². The predicted octanol–water partition coefficient (Wildman–Crippen LogP) is 3.94. The summed E-state index contributed by atoms with van der Waals surface area (Å²) in [5.74, 6) is -1.50. The van der Waals surface area contributed by atoms with E-state index in [1.165, 1.54) is 7.11 Å². The first kappa shape index (κ1) is 26.2. The summed E-state index contributed by atoms with van der Waals surface area (Å²) in [5.41, 5.74) is 4.44. The third-order valence-electron chi connectivity index (χ3n) is 6.21. The van der Waals surface area contributed by atoms with E-state index in [4.69, 9.17) is 9.47 Å². The molecule has 0 bridgehead atoms. The van der Waals surface area contributed by atoms with Gasteiger partial charge >= 0.3 is 12.1 Å². The molecule has 1 aliphatic carbocycles. The lowest BCUT2D eigenvalue weighted by molar-refractivity contribution is -0.142. The first-order valence-electron chi connectivity index (χ1n) is 12.0. The second-order valence-corrected chi connectivity index (χ2v) is 9.17. The third kappa shape index (κ3) is 6.82. The molecule has 8 nitrogen and oxygen atoms in total. The molecule has 1 aliphatic rings. The molecule has 0 aromatic heterocycles. The van der Waals surface area contributed by atoms with Gasteiger partial charge in [-0.05, 0) is 41.0 Å². The number of amides is 2. The van der Waals surface area contributed by atoms with Gasteiger partial charge in [0.2, 0.25) is 5.91 Å². The lowest BCUT2D eigenvalue weighted by Gasteiger charge is -2.22. The van der Waals surface area contributed by atoms with E-state index in [0.29, 0.717) is 18.8 Å². The fourth-order valence-electron chi connectivity index (χ4n) is 4.32. The molecule has 0 heterocycles. The largest absolute Gasteiger partial charge is 0.480 e. The van der Waals surface area contributed by atoms with Crippen LogP contribution in [0.1, 0.15) is 50.2 Å². The number of alkyl carbamates (subject to hydrolysis) is 1. The van der Waals surface area contributed by atoms with Crippen LogP contribution in [0.25, 0.3) is 11.1 Å². The number of aliphatic carboxylic acids is 1. The molecule has 8 heteroatoms. The molecule has 0 fully saturated rings. The number of carbonyl (C=O) groups is 3. The van der Waals surface area contributed by atoms with Crippen LogP contribution in [0.5, 0.6) is 0 Å². The molecule has 3 N–H and O–H groups in total. The van der Waals surface area contributed by atoms with E-state index < -0.39 is 30.1 Å². The zero-order valence-electron chi connectivity index (χ0n) is 20.5. The van der Waals surface area contributed by atoms with Crippen LogP contribution in [0.15, 0.2) is 48.5 Å². The molecule has 0 spiro atoms. The number of ether oxygens (including phenoxy) is 2. The van der Waals surface area contributed by atoms with Gasteiger partial charge in [0.05, 0.1) is 0 Å². The molecule has 188 valence electrons. The van der Waals surface area contributed by atoms with Gasteiger partial charge in [-0.25, -0.2) is 9.59 Å². The van der Waals surface area contributed by atoms with E-state index in [2.05, 4.69) is 22.8 Å². The van der Waals surface area contributed by atoms with Crippen molar-refractivity contribution in [3.8, 4) is 11.1 Å². The van der Waals surface area contributed by atoms with Gasteiger partial charge in [-0.1, -0.05) is 62.4 Å². The lowest BCUT2D eigenvalue weighted by Crippen LogP contribution is -2.52. The Morgan fingerprint density at radius 3 is 2.03 bits per heavy atom. The normalized spacial score (nSPS) is 14.1. The Bertz CT molecular complexity index is 992. The first-order chi connectivity index (χ1) is 16.8. The van der Waals surface area contributed by atoms with E-state index >= 15 is 0 Å². The standard InChI is InChI=1S/C27H34N2O6/c1-17(2)12-13-23(25(30)28-24(26(31)32)14-15-34-3)29-27(33)35-16-22-20-10-6-4-8-18(20)19-9-5-7-11-21(19)22/h4-11,17,22-24H,12-16H2,1-3H3,(H,28,30)(H,29,33)(H,31,32). The van der Waals surface area contributed by atoms with Crippen molar-refractivity contribution >= 4 is 18.0 Å². The van der Waals surface area contributed by atoms with Crippen molar-refractivity contribution in [1.82, 2.24) is 10.6 Å². The Morgan fingerprint density at radius 2 is 1.49 bits per heavy atom. The van der Waals surface area contributed by atoms with Crippen LogP contribution >= 0.6 is 0 Å². The van der Waals surface area contributed by atoms with Crippen LogP contribution in [0, 0.1) is 5.92 Å². The minimum absolute atomic E-state index is 0.0958. The summed E-state index contributed by atoms with van der Waals surface area (Å²) in [7, 11) is 1.46. The van der Waals surface area contributed by atoms with Crippen LogP contribution in [-0.2, 0) is 19.1 Å². The third-order valence-corrected chi connectivity index (χ3v) is 6.21. The zero-order chi connectivity index (χ0) is 25.4. The average molecular weight is 483 g/mol. The van der Waals surface area contributed by atoms with Crippen molar-refractivity contribution in [3.05, 3.63) is 59.7 Å². The SMILES string of the molecule is COCCC(NC(=O)C(CCC(C)C)NC(=O)OCC1c2ccccc2-c2ccccc21)C(=O)O. The molecule has 2 amide bonds. The Morgan fingerprint density at radius 1 is 0.886 bits per heavy atom. The van der Waals surface area contributed by atoms with Crippen LogP contribution in [0.3, 0.4) is 0 Å². The molecular weight excluding hydrogens is 448 g/mol. The maximum atomic E-state index is 12.9. The molecular formula is C27H34N2O6. The summed E-state index contributed by atoms with van der Waals surface area (Å²) < 4.78 is 10.5. The number of carboxylic acid groups (broad SMARTS) is 1. The summed E-state index contributed by atoms with van der Waals surface area (Å²) in [6.45, 7) is 4.35. The molecule has 35 heavy (non-hydrogen) atoms. The fraction of sp³-hybridized carbons (Fsp3) is 0.444. The van der Waals surface area contributed by atoms with Gasteiger partial charge in [-0.3, -0.25) is 4.79 Å². The zero-order valence-corrected chi connectivity index (χ0v) is 20.5. The first-order valence-corrected chi connectivity index (χ1v) is 12.0. The Balaban J connectivity index is 1.65. The van der Waals surface area contributed by atoms with Crippen LogP contribution in [0.2, 0.25) is 0 Å².